The molecule has 6 nitrogen and oxygen atoms in total. The van der Waals surface area contributed by atoms with Crippen molar-refractivity contribution < 1.29 is 4.79 Å². The summed E-state index contributed by atoms with van der Waals surface area (Å²) in [6, 6.07) is 1.65. The zero-order valence-electron chi connectivity index (χ0n) is 12.7. The van der Waals surface area contributed by atoms with Crippen molar-refractivity contribution in [2.45, 2.75) is 51.1 Å². The lowest BCUT2D eigenvalue weighted by atomic mass is 10.0. The minimum absolute atomic E-state index is 0.0159. The Balaban J connectivity index is 1.75. The predicted molar refractivity (Wildman–Crippen MR) is 82.9 cm³/mol. The summed E-state index contributed by atoms with van der Waals surface area (Å²) in [5.74, 6) is 0.750. The van der Waals surface area contributed by atoms with E-state index in [1.165, 1.54) is 0 Å². The van der Waals surface area contributed by atoms with Gasteiger partial charge in [-0.2, -0.15) is 0 Å². The van der Waals surface area contributed by atoms with Crippen molar-refractivity contribution >= 4 is 11.9 Å². The van der Waals surface area contributed by atoms with E-state index in [9.17, 15) is 4.79 Å². The number of nitrogens with one attached hydrogen (secondary N) is 1. The van der Waals surface area contributed by atoms with E-state index in [4.69, 9.17) is 5.73 Å². The first-order valence-corrected chi connectivity index (χ1v) is 7.78. The van der Waals surface area contributed by atoms with Gasteiger partial charge in [0.1, 0.15) is 0 Å². The van der Waals surface area contributed by atoms with Crippen LogP contribution in [0.1, 0.15) is 39.0 Å². The average Bonchev–Trinajstić information content (AvgIpc) is 2.54. The van der Waals surface area contributed by atoms with Crippen molar-refractivity contribution in [1.82, 2.24) is 15.3 Å². The zero-order valence-corrected chi connectivity index (χ0v) is 12.7. The Hall–Kier alpha value is -1.69. The maximum atomic E-state index is 12.0. The van der Waals surface area contributed by atoms with Crippen LogP contribution in [0.5, 0.6) is 0 Å². The van der Waals surface area contributed by atoms with Crippen LogP contribution in [0.25, 0.3) is 0 Å². The summed E-state index contributed by atoms with van der Waals surface area (Å²) in [6.45, 7) is 3.82. The molecule has 1 aliphatic rings. The maximum absolute atomic E-state index is 12.0. The number of unbranched alkanes of at least 4 members (excludes halogenated alkanes) is 1. The normalized spacial score (nSPS) is 17.5. The van der Waals surface area contributed by atoms with Gasteiger partial charge in [-0.15, -0.1) is 0 Å². The molecule has 0 aliphatic carbocycles. The molecule has 1 aromatic heterocycles. The van der Waals surface area contributed by atoms with Crippen molar-refractivity contribution in [3.63, 3.8) is 0 Å². The van der Waals surface area contributed by atoms with Crippen LogP contribution in [0, 0.1) is 0 Å². The van der Waals surface area contributed by atoms with E-state index in [-0.39, 0.29) is 18.0 Å². The van der Waals surface area contributed by atoms with Gasteiger partial charge in [-0.05, 0) is 25.3 Å². The second kappa shape index (κ2) is 7.93. The number of hydrogen-bond acceptors (Lipinski definition) is 5. The molecule has 0 saturated carbocycles. The molecule has 1 saturated heterocycles. The van der Waals surface area contributed by atoms with Gasteiger partial charge in [0, 0.05) is 31.5 Å². The van der Waals surface area contributed by atoms with Crippen LogP contribution in [0.3, 0.4) is 0 Å². The molecule has 6 heteroatoms. The Labute approximate surface area is 126 Å². The van der Waals surface area contributed by atoms with E-state index in [1.807, 2.05) is 6.07 Å². The highest BCUT2D eigenvalue weighted by Gasteiger charge is 2.23. The number of amides is 1. The Kier molecular flexibility index (Phi) is 5.92. The van der Waals surface area contributed by atoms with Gasteiger partial charge in [-0.3, -0.25) is 4.79 Å². The Bertz CT molecular complexity index is 431. The second-order valence-electron chi connectivity index (χ2n) is 5.57. The molecule has 2 heterocycles. The fraction of sp³-hybridized carbons (Fsp3) is 0.667. The minimum atomic E-state index is -0.375. The molecule has 1 fully saturated rings. The van der Waals surface area contributed by atoms with Crippen molar-refractivity contribution in [3.05, 3.63) is 18.5 Å². The molecule has 21 heavy (non-hydrogen) atoms. The standard InChI is InChI=1S/C15H25N5O/c1-2-3-5-13(16)14(21)19-12-6-10-20(11-7-12)15-17-8-4-9-18-15/h4,8-9,12-13H,2-3,5-7,10-11,16H2,1H3,(H,19,21)/t13-/m0/s1. The van der Waals surface area contributed by atoms with Gasteiger partial charge in [0.05, 0.1) is 6.04 Å². The molecule has 0 spiro atoms. The first kappa shape index (κ1) is 15.7. The van der Waals surface area contributed by atoms with Crippen molar-refractivity contribution in [2.24, 2.45) is 5.73 Å². The predicted octanol–water partition coefficient (Wildman–Crippen LogP) is 1.08. The van der Waals surface area contributed by atoms with Gasteiger partial charge < -0.3 is 16.0 Å². The summed E-state index contributed by atoms with van der Waals surface area (Å²) in [7, 11) is 0. The molecule has 0 aromatic carbocycles. The van der Waals surface area contributed by atoms with Gasteiger partial charge in [-0.1, -0.05) is 19.8 Å². The molecule has 0 radical (unpaired) electrons. The number of piperidine rings is 1. The first-order valence-electron chi connectivity index (χ1n) is 7.78. The molecule has 3 N–H and O–H groups in total. The molecular weight excluding hydrogens is 266 g/mol. The fourth-order valence-corrected chi connectivity index (χ4v) is 2.54. The van der Waals surface area contributed by atoms with Crippen molar-refractivity contribution in [2.75, 3.05) is 18.0 Å². The number of anilines is 1. The first-order chi connectivity index (χ1) is 10.2. The van der Waals surface area contributed by atoms with Gasteiger partial charge in [0.15, 0.2) is 0 Å². The summed E-state index contributed by atoms with van der Waals surface area (Å²) in [5.41, 5.74) is 5.90. The summed E-state index contributed by atoms with van der Waals surface area (Å²) < 4.78 is 0. The number of aromatic nitrogens is 2. The number of carbonyl (C=O) groups is 1. The maximum Gasteiger partial charge on any atom is 0.237 e. The van der Waals surface area contributed by atoms with Gasteiger partial charge >= 0.3 is 0 Å². The quantitative estimate of drug-likeness (QED) is 0.819. The number of hydrogen-bond donors (Lipinski definition) is 2. The second-order valence-corrected chi connectivity index (χ2v) is 5.57. The van der Waals surface area contributed by atoms with Crippen LogP contribution in [0.2, 0.25) is 0 Å². The zero-order chi connectivity index (χ0) is 15.1. The van der Waals surface area contributed by atoms with Crippen LogP contribution >= 0.6 is 0 Å². The Morgan fingerprint density at radius 3 is 2.71 bits per heavy atom. The molecule has 0 bridgehead atoms. The van der Waals surface area contributed by atoms with Gasteiger partial charge in [0.2, 0.25) is 11.9 Å². The van der Waals surface area contributed by atoms with E-state index >= 15 is 0 Å². The summed E-state index contributed by atoms with van der Waals surface area (Å²) in [4.78, 5) is 22.7. The van der Waals surface area contributed by atoms with E-state index in [1.54, 1.807) is 12.4 Å². The molecule has 116 valence electrons. The topological polar surface area (TPSA) is 84.1 Å². The molecule has 0 unspecified atom stereocenters. The summed E-state index contributed by atoms with van der Waals surface area (Å²) >= 11 is 0. The number of nitrogens with two attached hydrogens (primary N) is 1. The lowest BCUT2D eigenvalue weighted by Gasteiger charge is -2.32. The summed E-state index contributed by atoms with van der Waals surface area (Å²) in [5, 5.41) is 3.07. The van der Waals surface area contributed by atoms with E-state index < -0.39 is 0 Å². The largest absolute Gasteiger partial charge is 0.352 e. The highest BCUT2D eigenvalue weighted by Crippen LogP contribution is 2.15. The van der Waals surface area contributed by atoms with Crippen LogP contribution in [-0.4, -0.2) is 41.0 Å². The SMILES string of the molecule is CCCC[C@H](N)C(=O)NC1CCN(c2ncccn2)CC1. The third-order valence-electron chi connectivity index (χ3n) is 3.88. The lowest BCUT2D eigenvalue weighted by molar-refractivity contribution is -0.123. The monoisotopic (exact) mass is 291 g/mol. The summed E-state index contributed by atoms with van der Waals surface area (Å²) in [6.07, 6.45) is 8.15. The highest BCUT2D eigenvalue weighted by molar-refractivity contribution is 5.81. The van der Waals surface area contributed by atoms with Crippen LogP contribution in [0.15, 0.2) is 18.5 Å². The minimum Gasteiger partial charge on any atom is -0.352 e. The lowest BCUT2D eigenvalue weighted by Crippen LogP contribution is -2.49. The van der Waals surface area contributed by atoms with Crippen LogP contribution in [0.4, 0.5) is 5.95 Å². The molecule has 1 amide bonds. The molecule has 1 aromatic rings. The van der Waals surface area contributed by atoms with Gasteiger partial charge in [0.25, 0.3) is 0 Å². The smallest absolute Gasteiger partial charge is 0.237 e. The number of carbonyl (C=O) groups excluding carboxylic acids is 1. The van der Waals surface area contributed by atoms with E-state index in [0.29, 0.717) is 0 Å². The Morgan fingerprint density at radius 2 is 2.10 bits per heavy atom. The van der Waals surface area contributed by atoms with E-state index in [2.05, 4.69) is 27.1 Å². The molecular formula is C15H25N5O. The number of rotatable bonds is 6. The third kappa shape index (κ3) is 4.67. The third-order valence-corrected chi connectivity index (χ3v) is 3.88. The fourth-order valence-electron chi connectivity index (χ4n) is 2.54. The highest BCUT2D eigenvalue weighted by atomic mass is 16.2. The molecule has 1 aliphatic heterocycles. The molecule has 2 rings (SSSR count). The van der Waals surface area contributed by atoms with E-state index in [0.717, 1.165) is 51.1 Å². The van der Waals surface area contributed by atoms with Crippen LogP contribution < -0.4 is 16.0 Å². The Morgan fingerprint density at radius 1 is 1.43 bits per heavy atom. The average molecular weight is 291 g/mol. The van der Waals surface area contributed by atoms with Crippen molar-refractivity contribution in [3.8, 4) is 0 Å². The van der Waals surface area contributed by atoms with Gasteiger partial charge in [-0.25, -0.2) is 9.97 Å². The van der Waals surface area contributed by atoms with Crippen molar-refractivity contribution in [1.29, 1.82) is 0 Å². The number of nitrogens with zero attached hydrogens (tertiary/aromatic N) is 3. The molecule has 1 atom stereocenters. The van der Waals surface area contributed by atoms with Crippen LogP contribution in [-0.2, 0) is 4.79 Å².